The molecule has 1 aromatic heterocycles. The van der Waals surface area contributed by atoms with Gasteiger partial charge in [0.15, 0.2) is 11.0 Å². The van der Waals surface area contributed by atoms with E-state index < -0.39 is 11.1 Å². The zero-order valence-corrected chi connectivity index (χ0v) is 16.0. The highest BCUT2D eigenvalue weighted by Gasteiger charge is 2.19. The van der Waals surface area contributed by atoms with Gasteiger partial charge in [-0.3, -0.25) is 4.79 Å². The van der Waals surface area contributed by atoms with E-state index in [0.717, 1.165) is 11.3 Å². The van der Waals surface area contributed by atoms with Crippen molar-refractivity contribution in [2.75, 3.05) is 12.4 Å². The van der Waals surface area contributed by atoms with E-state index >= 15 is 0 Å². The normalized spacial score (nSPS) is 11.9. The van der Waals surface area contributed by atoms with Crippen molar-refractivity contribution in [3.8, 4) is 17.1 Å². The Labute approximate surface area is 160 Å². The first-order valence-electron chi connectivity index (χ1n) is 8.25. The third kappa shape index (κ3) is 4.46. The van der Waals surface area contributed by atoms with Crippen LogP contribution >= 0.6 is 11.8 Å². The number of carbonyl (C=O) groups excluding carboxylic acids is 1. The average molecular weight is 386 g/mol. The molecular formula is C19H19FN4O2S. The van der Waals surface area contributed by atoms with Crippen LogP contribution in [0.15, 0.2) is 53.7 Å². The van der Waals surface area contributed by atoms with Crippen LogP contribution in [0.4, 0.5) is 10.1 Å². The maximum atomic E-state index is 13.2. The van der Waals surface area contributed by atoms with E-state index in [1.807, 2.05) is 35.9 Å². The topological polar surface area (TPSA) is 69.0 Å². The first-order valence-corrected chi connectivity index (χ1v) is 9.13. The first kappa shape index (κ1) is 18.9. The van der Waals surface area contributed by atoms with Crippen LogP contribution in [0.5, 0.6) is 5.75 Å². The summed E-state index contributed by atoms with van der Waals surface area (Å²) in [5, 5.41) is 11.3. The lowest BCUT2D eigenvalue weighted by molar-refractivity contribution is -0.115. The van der Waals surface area contributed by atoms with Gasteiger partial charge in [0.1, 0.15) is 11.6 Å². The van der Waals surface area contributed by atoms with Gasteiger partial charge in [-0.2, -0.15) is 0 Å². The molecule has 0 saturated carbocycles. The molecule has 0 aliphatic carbocycles. The Balaban J connectivity index is 1.70. The summed E-state index contributed by atoms with van der Waals surface area (Å²) in [7, 11) is 3.46. The lowest BCUT2D eigenvalue weighted by atomic mass is 10.2. The highest BCUT2D eigenvalue weighted by molar-refractivity contribution is 8.00. The van der Waals surface area contributed by atoms with Crippen molar-refractivity contribution in [1.29, 1.82) is 0 Å². The predicted molar refractivity (Wildman–Crippen MR) is 103 cm³/mol. The number of amides is 1. The van der Waals surface area contributed by atoms with E-state index in [4.69, 9.17) is 4.74 Å². The number of methoxy groups -OCH3 is 1. The summed E-state index contributed by atoms with van der Waals surface area (Å²) in [4.78, 5) is 12.4. The molecule has 1 amide bonds. The molecule has 6 nitrogen and oxygen atoms in total. The fraction of sp³-hybridized carbons (Fsp3) is 0.211. The van der Waals surface area contributed by atoms with Gasteiger partial charge in [0, 0.05) is 18.3 Å². The number of rotatable bonds is 6. The number of carbonyl (C=O) groups is 1. The molecule has 1 heterocycles. The number of halogens is 1. The lowest BCUT2D eigenvalue weighted by Gasteiger charge is -2.12. The summed E-state index contributed by atoms with van der Waals surface area (Å²) >= 11 is 1.28. The molecule has 0 radical (unpaired) electrons. The maximum Gasteiger partial charge on any atom is 0.237 e. The van der Waals surface area contributed by atoms with Gasteiger partial charge in [0.25, 0.3) is 0 Å². The molecule has 0 unspecified atom stereocenters. The van der Waals surface area contributed by atoms with E-state index in [9.17, 15) is 9.18 Å². The molecule has 0 fully saturated rings. The van der Waals surface area contributed by atoms with Crippen molar-refractivity contribution in [2.45, 2.75) is 17.3 Å². The standard InChI is InChI=1S/C19H19FN4O2S/c1-12(18(25)21-15-6-4-5-14(20)11-15)27-19-23-22-17(24(19)2)13-7-9-16(26-3)10-8-13/h4-12H,1-3H3,(H,21,25)/t12-/m0/s1. The molecule has 1 atom stereocenters. The Bertz CT molecular complexity index is 943. The number of thioether (sulfide) groups is 1. The number of benzene rings is 2. The lowest BCUT2D eigenvalue weighted by Crippen LogP contribution is -2.22. The highest BCUT2D eigenvalue weighted by Crippen LogP contribution is 2.27. The first-order chi connectivity index (χ1) is 13.0. The molecule has 8 heteroatoms. The number of hydrogen-bond donors (Lipinski definition) is 1. The van der Waals surface area contributed by atoms with Crippen LogP contribution < -0.4 is 10.1 Å². The Morgan fingerprint density at radius 2 is 1.96 bits per heavy atom. The second-order valence-electron chi connectivity index (χ2n) is 5.85. The second kappa shape index (κ2) is 8.22. The molecule has 140 valence electrons. The summed E-state index contributed by atoms with van der Waals surface area (Å²) in [5.41, 5.74) is 1.32. The molecule has 0 aliphatic heterocycles. The van der Waals surface area contributed by atoms with Crippen molar-refractivity contribution in [3.05, 3.63) is 54.3 Å². The molecule has 0 saturated heterocycles. The van der Waals surface area contributed by atoms with E-state index in [1.54, 1.807) is 26.2 Å². The van der Waals surface area contributed by atoms with E-state index in [2.05, 4.69) is 15.5 Å². The smallest absolute Gasteiger partial charge is 0.237 e. The number of aromatic nitrogens is 3. The molecule has 0 bridgehead atoms. The van der Waals surface area contributed by atoms with Gasteiger partial charge in [-0.05, 0) is 49.4 Å². The number of hydrogen-bond acceptors (Lipinski definition) is 5. The molecule has 2 aromatic carbocycles. The van der Waals surface area contributed by atoms with Gasteiger partial charge in [-0.15, -0.1) is 10.2 Å². The van der Waals surface area contributed by atoms with Crippen molar-refractivity contribution in [3.63, 3.8) is 0 Å². The van der Waals surface area contributed by atoms with Crippen LogP contribution in [0.2, 0.25) is 0 Å². The van der Waals surface area contributed by atoms with Crippen LogP contribution in [0.25, 0.3) is 11.4 Å². The Morgan fingerprint density at radius 3 is 2.63 bits per heavy atom. The third-order valence-electron chi connectivity index (χ3n) is 3.93. The van der Waals surface area contributed by atoms with Crippen molar-refractivity contribution < 1.29 is 13.9 Å². The number of nitrogens with zero attached hydrogens (tertiary/aromatic N) is 3. The van der Waals surface area contributed by atoms with Crippen LogP contribution in [-0.2, 0) is 11.8 Å². The van der Waals surface area contributed by atoms with Gasteiger partial charge < -0.3 is 14.6 Å². The SMILES string of the molecule is COc1ccc(-c2nnc(S[C@@H](C)C(=O)Nc3cccc(F)c3)n2C)cc1. The van der Waals surface area contributed by atoms with E-state index in [1.165, 1.54) is 23.9 Å². The molecule has 0 aliphatic rings. The Kier molecular flexibility index (Phi) is 5.75. The van der Waals surface area contributed by atoms with E-state index in [-0.39, 0.29) is 5.91 Å². The molecule has 27 heavy (non-hydrogen) atoms. The molecule has 1 N–H and O–H groups in total. The molecular weight excluding hydrogens is 367 g/mol. The Hall–Kier alpha value is -2.87. The predicted octanol–water partition coefficient (Wildman–Crippen LogP) is 3.75. The molecule has 3 rings (SSSR count). The van der Waals surface area contributed by atoms with Crippen LogP contribution in [0.3, 0.4) is 0 Å². The highest BCUT2D eigenvalue weighted by atomic mass is 32.2. The minimum Gasteiger partial charge on any atom is -0.497 e. The summed E-state index contributed by atoms with van der Waals surface area (Å²) < 4.78 is 20.2. The number of ether oxygens (including phenoxy) is 1. The van der Waals surface area contributed by atoms with Gasteiger partial charge in [-0.25, -0.2) is 4.39 Å². The van der Waals surface area contributed by atoms with Crippen molar-refractivity contribution in [1.82, 2.24) is 14.8 Å². The fourth-order valence-corrected chi connectivity index (χ4v) is 3.25. The molecule has 3 aromatic rings. The van der Waals surface area contributed by atoms with Crippen LogP contribution in [0.1, 0.15) is 6.92 Å². The average Bonchev–Trinajstić information content (AvgIpc) is 3.02. The summed E-state index contributed by atoms with van der Waals surface area (Å²) in [6, 6.07) is 13.3. The third-order valence-corrected chi connectivity index (χ3v) is 5.06. The minimum absolute atomic E-state index is 0.236. The zero-order valence-electron chi connectivity index (χ0n) is 15.1. The Morgan fingerprint density at radius 1 is 1.22 bits per heavy atom. The number of nitrogens with one attached hydrogen (secondary N) is 1. The second-order valence-corrected chi connectivity index (χ2v) is 7.16. The fourth-order valence-electron chi connectivity index (χ4n) is 2.43. The largest absolute Gasteiger partial charge is 0.497 e. The monoisotopic (exact) mass is 386 g/mol. The van der Waals surface area contributed by atoms with Crippen molar-refractivity contribution >= 4 is 23.4 Å². The quantitative estimate of drug-likeness (QED) is 0.654. The van der Waals surface area contributed by atoms with Gasteiger partial charge in [0.05, 0.1) is 12.4 Å². The van der Waals surface area contributed by atoms with Gasteiger partial charge >= 0.3 is 0 Å². The maximum absolute atomic E-state index is 13.2. The van der Waals surface area contributed by atoms with Gasteiger partial charge in [-0.1, -0.05) is 17.8 Å². The summed E-state index contributed by atoms with van der Waals surface area (Å²) in [6.45, 7) is 1.76. The van der Waals surface area contributed by atoms with Crippen molar-refractivity contribution in [2.24, 2.45) is 7.05 Å². The van der Waals surface area contributed by atoms with E-state index in [0.29, 0.717) is 16.7 Å². The van der Waals surface area contributed by atoms with Crippen LogP contribution in [-0.4, -0.2) is 33.0 Å². The van der Waals surface area contributed by atoms with Crippen LogP contribution in [0, 0.1) is 5.82 Å². The molecule has 0 spiro atoms. The summed E-state index contributed by atoms with van der Waals surface area (Å²) in [6.07, 6.45) is 0. The summed E-state index contributed by atoms with van der Waals surface area (Å²) in [5.74, 6) is 0.821. The zero-order chi connectivity index (χ0) is 19.4. The minimum atomic E-state index is -0.431. The van der Waals surface area contributed by atoms with Gasteiger partial charge in [0.2, 0.25) is 5.91 Å². The number of anilines is 1.